The molecule has 1 aromatic rings. The molecule has 0 heterocycles. The van der Waals surface area contributed by atoms with Crippen LogP contribution < -0.4 is 4.74 Å². The highest BCUT2D eigenvalue weighted by molar-refractivity contribution is 5.50. The van der Waals surface area contributed by atoms with Crippen molar-refractivity contribution in [2.75, 3.05) is 0 Å². The third-order valence-electron chi connectivity index (χ3n) is 2.32. The van der Waals surface area contributed by atoms with Crippen LogP contribution in [0.5, 0.6) is 5.75 Å². The second kappa shape index (κ2) is 7.07. The molecule has 0 saturated carbocycles. The van der Waals surface area contributed by atoms with Gasteiger partial charge in [0.15, 0.2) is 6.29 Å². The zero-order valence-corrected chi connectivity index (χ0v) is 10.0. The van der Waals surface area contributed by atoms with E-state index in [1.165, 1.54) is 0 Å². The zero-order chi connectivity index (χ0) is 11.8. The number of aliphatic hydroxyl groups is 1. The Balaban J connectivity index is 2.48. The van der Waals surface area contributed by atoms with Crippen molar-refractivity contribution in [3.63, 3.8) is 0 Å². The average molecular weight is 220 g/mol. The number of allylic oxidation sites excluding steroid dienone is 1. The van der Waals surface area contributed by atoms with E-state index in [-0.39, 0.29) is 0 Å². The molecule has 0 saturated heterocycles. The molecule has 1 aromatic carbocycles. The summed E-state index contributed by atoms with van der Waals surface area (Å²) < 4.78 is 5.38. The first kappa shape index (κ1) is 12.8. The maximum Gasteiger partial charge on any atom is 0.197 e. The molecule has 0 radical (unpaired) electrons. The lowest BCUT2D eigenvalue weighted by Crippen LogP contribution is -2.14. The second-order valence-electron chi connectivity index (χ2n) is 3.78. The Kier molecular flexibility index (Phi) is 5.65. The van der Waals surface area contributed by atoms with Crippen molar-refractivity contribution in [3.8, 4) is 5.75 Å². The van der Waals surface area contributed by atoms with Crippen LogP contribution in [0, 0.1) is 0 Å². The molecule has 0 aliphatic heterocycles. The lowest BCUT2D eigenvalue weighted by molar-refractivity contribution is -0.0243. The molecular formula is C14H20O2. The Bertz CT molecular complexity index is 314. The molecule has 1 N–H and O–H groups in total. The number of rotatable bonds is 6. The normalized spacial score (nSPS) is 12.9. The maximum absolute atomic E-state index is 9.57. The van der Waals surface area contributed by atoms with Crippen LogP contribution in [0.15, 0.2) is 30.3 Å². The minimum atomic E-state index is -0.687. The van der Waals surface area contributed by atoms with Gasteiger partial charge in [-0.3, -0.25) is 0 Å². The van der Waals surface area contributed by atoms with Gasteiger partial charge >= 0.3 is 0 Å². The monoisotopic (exact) mass is 220 g/mol. The topological polar surface area (TPSA) is 29.5 Å². The van der Waals surface area contributed by atoms with E-state index in [1.54, 1.807) is 0 Å². The van der Waals surface area contributed by atoms with Crippen LogP contribution >= 0.6 is 0 Å². The molecule has 0 bridgehead atoms. The lowest BCUT2D eigenvalue weighted by Gasteiger charge is -2.12. The van der Waals surface area contributed by atoms with Gasteiger partial charge < -0.3 is 9.84 Å². The van der Waals surface area contributed by atoms with Crippen molar-refractivity contribution in [2.45, 2.75) is 39.4 Å². The standard InChI is InChI=1S/C14H20O2/c1-3-5-7-14(15)16-13-10-8-12(6-4-2)9-11-13/h4,6,8-11,14-15H,3,5,7H2,1-2H3. The average Bonchev–Trinajstić information content (AvgIpc) is 2.29. The van der Waals surface area contributed by atoms with Gasteiger partial charge in [-0.25, -0.2) is 0 Å². The van der Waals surface area contributed by atoms with E-state index in [0.717, 1.165) is 24.2 Å². The minimum absolute atomic E-state index is 0.687. The van der Waals surface area contributed by atoms with Crippen molar-refractivity contribution >= 4 is 6.08 Å². The molecule has 0 amide bonds. The van der Waals surface area contributed by atoms with Crippen molar-refractivity contribution in [1.82, 2.24) is 0 Å². The van der Waals surface area contributed by atoms with Crippen molar-refractivity contribution in [1.29, 1.82) is 0 Å². The third-order valence-corrected chi connectivity index (χ3v) is 2.32. The predicted molar refractivity (Wildman–Crippen MR) is 67.3 cm³/mol. The summed E-state index contributed by atoms with van der Waals surface area (Å²) in [5.74, 6) is 0.719. The summed E-state index contributed by atoms with van der Waals surface area (Å²) in [4.78, 5) is 0. The van der Waals surface area contributed by atoms with Crippen molar-refractivity contribution in [2.24, 2.45) is 0 Å². The number of unbranched alkanes of at least 4 members (excludes halogenated alkanes) is 1. The Morgan fingerprint density at radius 2 is 2.00 bits per heavy atom. The summed E-state index contributed by atoms with van der Waals surface area (Å²) in [5, 5.41) is 9.57. The summed E-state index contributed by atoms with van der Waals surface area (Å²) in [7, 11) is 0. The number of hydrogen-bond donors (Lipinski definition) is 1. The first-order chi connectivity index (χ1) is 7.76. The summed E-state index contributed by atoms with van der Waals surface area (Å²) in [6, 6.07) is 7.71. The number of ether oxygens (including phenoxy) is 1. The van der Waals surface area contributed by atoms with Crippen molar-refractivity contribution < 1.29 is 9.84 Å². The lowest BCUT2D eigenvalue weighted by atomic mass is 10.2. The highest BCUT2D eigenvalue weighted by Crippen LogP contribution is 2.15. The summed E-state index contributed by atoms with van der Waals surface area (Å²) in [5.41, 5.74) is 1.14. The predicted octanol–water partition coefficient (Wildman–Crippen LogP) is 3.61. The van der Waals surface area contributed by atoms with E-state index in [9.17, 15) is 5.11 Å². The van der Waals surface area contributed by atoms with E-state index in [4.69, 9.17) is 4.74 Å². The Morgan fingerprint density at radius 3 is 2.56 bits per heavy atom. The fraction of sp³-hybridized carbons (Fsp3) is 0.429. The molecule has 16 heavy (non-hydrogen) atoms. The molecule has 1 atom stereocenters. The van der Waals surface area contributed by atoms with Crippen LogP contribution in [0.2, 0.25) is 0 Å². The summed E-state index contributed by atoms with van der Waals surface area (Å²) in [6.45, 7) is 4.08. The molecule has 0 aliphatic rings. The van der Waals surface area contributed by atoms with E-state index >= 15 is 0 Å². The van der Waals surface area contributed by atoms with Gasteiger partial charge in [0.05, 0.1) is 0 Å². The number of benzene rings is 1. The van der Waals surface area contributed by atoms with Crippen LogP contribution in [0.3, 0.4) is 0 Å². The fourth-order valence-electron chi connectivity index (χ4n) is 1.44. The van der Waals surface area contributed by atoms with Gasteiger partial charge in [0.1, 0.15) is 5.75 Å². The number of hydrogen-bond acceptors (Lipinski definition) is 2. The van der Waals surface area contributed by atoms with Crippen LogP contribution in [0.1, 0.15) is 38.7 Å². The summed E-state index contributed by atoms with van der Waals surface area (Å²) in [6.07, 6.45) is 6.07. The molecule has 0 fully saturated rings. The first-order valence-electron chi connectivity index (χ1n) is 5.83. The fourth-order valence-corrected chi connectivity index (χ4v) is 1.44. The quantitative estimate of drug-likeness (QED) is 0.742. The molecule has 2 nitrogen and oxygen atoms in total. The van der Waals surface area contributed by atoms with Crippen LogP contribution in [-0.4, -0.2) is 11.4 Å². The number of aliphatic hydroxyl groups excluding tert-OH is 1. The van der Waals surface area contributed by atoms with Crippen LogP contribution in [0.25, 0.3) is 6.08 Å². The maximum atomic E-state index is 9.57. The molecule has 88 valence electrons. The minimum Gasteiger partial charge on any atom is -0.465 e. The molecule has 2 heteroatoms. The van der Waals surface area contributed by atoms with Gasteiger partial charge in [-0.2, -0.15) is 0 Å². The SMILES string of the molecule is CC=Cc1ccc(OC(O)CCCC)cc1. The second-order valence-corrected chi connectivity index (χ2v) is 3.78. The largest absolute Gasteiger partial charge is 0.465 e. The van der Waals surface area contributed by atoms with Crippen LogP contribution in [-0.2, 0) is 0 Å². The Morgan fingerprint density at radius 1 is 1.31 bits per heavy atom. The van der Waals surface area contributed by atoms with E-state index in [1.807, 2.05) is 43.3 Å². The molecule has 1 rings (SSSR count). The molecule has 1 unspecified atom stereocenters. The van der Waals surface area contributed by atoms with Gasteiger partial charge in [0.25, 0.3) is 0 Å². The van der Waals surface area contributed by atoms with Gasteiger partial charge in [-0.15, -0.1) is 0 Å². The van der Waals surface area contributed by atoms with Crippen LogP contribution in [0.4, 0.5) is 0 Å². The van der Waals surface area contributed by atoms with Gasteiger partial charge in [0, 0.05) is 6.42 Å². The first-order valence-corrected chi connectivity index (χ1v) is 5.83. The van der Waals surface area contributed by atoms with E-state index in [2.05, 4.69) is 6.92 Å². The highest BCUT2D eigenvalue weighted by atomic mass is 16.6. The van der Waals surface area contributed by atoms with E-state index in [0.29, 0.717) is 6.42 Å². The Hall–Kier alpha value is -1.28. The van der Waals surface area contributed by atoms with Gasteiger partial charge in [-0.05, 0) is 31.0 Å². The highest BCUT2D eigenvalue weighted by Gasteiger charge is 2.04. The molecule has 0 aromatic heterocycles. The molecular weight excluding hydrogens is 200 g/mol. The molecule has 0 aliphatic carbocycles. The molecule has 0 spiro atoms. The van der Waals surface area contributed by atoms with Gasteiger partial charge in [0.2, 0.25) is 0 Å². The smallest absolute Gasteiger partial charge is 0.197 e. The van der Waals surface area contributed by atoms with Gasteiger partial charge in [-0.1, -0.05) is 37.6 Å². The Labute approximate surface area is 97.6 Å². The third kappa shape index (κ3) is 4.49. The van der Waals surface area contributed by atoms with Crippen molar-refractivity contribution in [3.05, 3.63) is 35.9 Å². The van der Waals surface area contributed by atoms with E-state index < -0.39 is 6.29 Å². The summed E-state index contributed by atoms with van der Waals surface area (Å²) >= 11 is 0. The zero-order valence-electron chi connectivity index (χ0n) is 10.0.